The zero-order valence-electron chi connectivity index (χ0n) is 25.7. The molecule has 1 unspecified atom stereocenters. The van der Waals surface area contributed by atoms with Crippen LogP contribution in [0, 0.1) is 11.8 Å². The van der Waals surface area contributed by atoms with Crippen molar-refractivity contribution in [3.8, 4) is 0 Å². The molecule has 2 saturated heterocycles. The largest absolute Gasteiger partial charge is 0.444 e. The Hall–Kier alpha value is -2.40. The summed E-state index contributed by atoms with van der Waals surface area (Å²) in [5.41, 5.74) is -0.754. The van der Waals surface area contributed by atoms with Crippen LogP contribution in [0.5, 0.6) is 0 Å². The topological polar surface area (TPSA) is 146 Å². The van der Waals surface area contributed by atoms with Crippen LogP contribution in [-0.4, -0.2) is 88.9 Å². The number of fused-ring (bicyclic) bond motifs is 1. The van der Waals surface area contributed by atoms with E-state index in [4.69, 9.17) is 9.47 Å². The Morgan fingerprint density at radius 3 is 2.32 bits per heavy atom. The highest BCUT2D eigenvalue weighted by atomic mass is 16.6. The highest BCUT2D eigenvalue weighted by molar-refractivity contribution is 5.93. The fraction of sp³-hybridized carbons (Fsp3) is 0.867. The summed E-state index contributed by atoms with van der Waals surface area (Å²) >= 11 is 0. The molecule has 0 aromatic heterocycles. The molecule has 11 heteroatoms. The molecule has 234 valence electrons. The molecule has 6 atom stereocenters. The van der Waals surface area contributed by atoms with Gasteiger partial charge in [-0.25, -0.2) is 4.79 Å². The third-order valence-corrected chi connectivity index (χ3v) is 8.20. The van der Waals surface area contributed by atoms with Gasteiger partial charge in [-0.05, 0) is 71.6 Å². The van der Waals surface area contributed by atoms with Crippen LogP contribution in [0.1, 0.15) is 99.3 Å². The van der Waals surface area contributed by atoms with Crippen LogP contribution in [0.4, 0.5) is 4.79 Å². The van der Waals surface area contributed by atoms with E-state index in [1.807, 2.05) is 13.8 Å². The Kier molecular flexibility index (Phi) is 11.8. The molecule has 41 heavy (non-hydrogen) atoms. The van der Waals surface area contributed by atoms with Crippen molar-refractivity contribution in [2.75, 3.05) is 13.2 Å². The first-order valence-corrected chi connectivity index (χ1v) is 15.5. The Morgan fingerprint density at radius 1 is 1.02 bits per heavy atom. The summed E-state index contributed by atoms with van der Waals surface area (Å²) in [6, 6.07) is -2.54. The first-order chi connectivity index (χ1) is 19.3. The second-order valence-corrected chi connectivity index (χ2v) is 13.3. The highest BCUT2D eigenvalue weighted by Gasteiger charge is 2.47. The average Bonchev–Trinajstić information content (AvgIpc) is 3.58. The van der Waals surface area contributed by atoms with E-state index in [9.17, 15) is 24.3 Å². The number of hydrogen-bond acceptors (Lipinski definition) is 7. The van der Waals surface area contributed by atoms with Crippen LogP contribution in [0.15, 0.2) is 0 Å². The van der Waals surface area contributed by atoms with Crippen molar-refractivity contribution in [3.05, 3.63) is 0 Å². The molecule has 0 radical (unpaired) electrons. The summed E-state index contributed by atoms with van der Waals surface area (Å²) in [4.78, 5) is 55.0. The van der Waals surface area contributed by atoms with Crippen molar-refractivity contribution in [2.45, 2.75) is 141 Å². The number of carbonyl (C=O) groups is 4. The Labute approximate surface area is 244 Å². The lowest BCUT2D eigenvalue weighted by molar-refractivity contribution is -0.145. The van der Waals surface area contributed by atoms with E-state index in [-0.39, 0.29) is 17.9 Å². The molecule has 0 aromatic rings. The monoisotopic (exact) mass is 580 g/mol. The van der Waals surface area contributed by atoms with Crippen molar-refractivity contribution in [3.63, 3.8) is 0 Å². The van der Waals surface area contributed by atoms with E-state index >= 15 is 0 Å². The van der Waals surface area contributed by atoms with E-state index in [0.29, 0.717) is 26.0 Å². The SMILES string of the molecule is CC(C)[C@H]1CCN2C(=O)[C@@H](NC(=O)OC(C)(C)C)[C@H](C)OCCCCCCC[C@@H](C(O)C(=O)NC3CC3)NC(=O)[C@H]12. The second-order valence-electron chi connectivity index (χ2n) is 13.3. The van der Waals surface area contributed by atoms with Crippen LogP contribution in [0.25, 0.3) is 0 Å². The van der Waals surface area contributed by atoms with Gasteiger partial charge in [0.1, 0.15) is 17.7 Å². The minimum absolute atomic E-state index is 0.0888. The molecule has 2 aliphatic heterocycles. The van der Waals surface area contributed by atoms with E-state index in [2.05, 4.69) is 16.0 Å². The van der Waals surface area contributed by atoms with Gasteiger partial charge in [0.15, 0.2) is 6.10 Å². The summed E-state index contributed by atoms with van der Waals surface area (Å²) in [6.07, 6.45) is 4.39. The first kappa shape index (κ1) is 33.1. The van der Waals surface area contributed by atoms with Crippen molar-refractivity contribution in [1.29, 1.82) is 0 Å². The van der Waals surface area contributed by atoms with Gasteiger partial charge in [-0.15, -0.1) is 0 Å². The summed E-state index contributed by atoms with van der Waals surface area (Å²) in [5, 5.41) is 19.5. The third-order valence-electron chi connectivity index (χ3n) is 8.20. The molecule has 4 amide bonds. The zero-order valence-corrected chi connectivity index (χ0v) is 25.7. The van der Waals surface area contributed by atoms with Crippen molar-refractivity contribution >= 4 is 23.8 Å². The van der Waals surface area contributed by atoms with E-state index in [0.717, 1.165) is 44.9 Å². The average molecular weight is 581 g/mol. The number of nitrogens with zero attached hydrogens (tertiary/aromatic N) is 1. The number of amides is 4. The normalized spacial score (nSPS) is 29.9. The van der Waals surface area contributed by atoms with Crippen LogP contribution in [0.2, 0.25) is 0 Å². The molecule has 3 fully saturated rings. The second kappa shape index (κ2) is 14.7. The maximum Gasteiger partial charge on any atom is 0.408 e. The molecular weight excluding hydrogens is 528 g/mol. The number of aliphatic hydroxyl groups excluding tert-OH is 1. The Morgan fingerprint density at radius 2 is 1.68 bits per heavy atom. The zero-order chi connectivity index (χ0) is 30.3. The number of rotatable bonds is 5. The number of alkyl carbamates (subject to hydrolysis) is 1. The Balaban J connectivity index is 1.89. The van der Waals surface area contributed by atoms with Gasteiger partial charge >= 0.3 is 6.09 Å². The standard InChI is InChI=1S/C30H52N4O7/c1-18(2)21-15-16-34-24(21)26(36)32-22(25(35)27(37)31-20-13-14-20)12-10-8-7-9-11-17-40-19(3)23(28(34)38)33-29(39)41-30(4,5)6/h18-25,35H,7-17H2,1-6H3,(H,31,37)(H,32,36)(H,33,39)/t19-,21+,22-,23-,24-,25?/m0/s1. The number of nitrogens with one attached hydrogen (secondary N) is 3. The molecule has 0 aromatic carbocycles. The van der Waals surface area contributed by atoms with E-state index in [1.165, 1.54) is 4.90 Å². The van der Waals surface area contributed by atoms with Gasteiger partial charge in [0, 0.05) is 19.2 Å². The Bertz CT molecular complexity index is 917. The molecule has 3 rings (SSSR count). The van der Waals surface area contributed by atoms with Gasteiger partial charge in [-0.2, -0.15) is 0 Å². The molecule has 11 nitrogen and oxygen atoms in total. The summed E-state index contributed by atoms with van der Waals surface area (Å²) in [5.74, 6) is -1.31. The van der Waals surface area contributed by atoms with Crippen molar-refractivity contribution < 1.29 is 33.8 Å². The quantitative estimate of drug-likeness (QED) is 0.391. The predicted molar refractivity (Wildman–Crippen MR) is 154 cm³/mol. The number of carbonyl (C=O) groups excluding carboxylic acids is 4. The fourth-order valence-corrected chi connectivity index (χ4v) is 5.73. The van der Waals surface area contributed by atoms with Gasteiger partial charge in [0.05, 0.1) is 12.1 Å². The van der Waals surface area contributed by atoms with Crippen molar-refractivity contribution in [2.24, 2.45) is 11.8 Å². The third kappa shape index (κ3) is 9.84. The molecule has 1 aliphatic carbocycles. The lowest BCUT2D eigenvalue weighted by Gasteiger charge is -2.35. The van der Waals surface area contributed by atoms with Gasteiger partial charge in [0.2, 0.25) is 11.8 Å². The van der Waals surface area contributed by atoms with Crippen LogP contribution in [-0.2, 0) is 23.9 Å². The van der Waals surface area contributed by atoms with Crippen LogP contribution < -0.4 is 16.0 Å². The molecule has 0 bridgehead atoms. The predicted octanol–water partition coefficient (Wildman–Crippen LogP) is 2.64. The fourth-order valence-electron chi connectivity index (χ4n) is 5.73. The minimum atomic E-state index is -1.38. The molecule has 1 saturated carbocycles. The molecule has 4 N–H and O–H groups in total. The molecule has 3 aliphatic rings. The molecular formula is C30H52N4O7. The first-order valence-electron chi connectivity index (χ1n) is 15.5. The minimum Gasteiger partial charge on any atom is -0.444 e. The maximum absolute atomic E-state index is 14.1. The van der Waals surface area contributed by atoms with Gasteiger partial charge < -0.3 is 35.4 Å². The van der Waals surface area contributed by atoms with Gasteiger partial charge in [0.25, 0.3) is 5.91 Å². The highest BCUT2D eigenvalue weighted by Crippen LogP contribution is 2.32. The van der Waals surface area contributed by atoms with Crippen LogP contribution in [0.3, 0.4) is 0 Å². The van der Waals surface area contributed by atoms with Crippen LogP contribution >= 0.6 is 0 Å². The number of ether oxygens (including phenoxy) is 2. The summed E-state index contributed by atoms with van der Waals surface area (Å²) in [7, 11) is 0. The number of hydrogen-bond donors (Lipinski definition) is 4. The van der Waals surface area contributed by atoms with Crippen molar-refractivity contribution in [1.82, 2.24) is 20.9 Å². The molecule has 0 spiro atoms. The smallest absolute Gasteiger partial charge is 0.408 e. The lowest BCUT2D eigenvalue weighted by Crippen LogP contribution is -2.60. The maximum atomic E-state index is 14.1. The lowest BCUT2D eigenvalue weighted by atomic mass is 9.87. The van der Waals surface area contributed by atoms with E-state index in [1.54, 1.807) is 27.7 Å². The summed E-state index contributed by atoms with van der Waals surface area (Å²) < 4.78 is 11.5. The van der Waals surface area contributed by atoms with Gasteiger partial charge in [-0.3, -0.25) is 14.4 Å². The number of aliphatic hydroxyl groups is 1. The summed E-state index contributed by atoms with van der Waals surface area (Å²) in [6.45, 7) is 11.8. The van der Waals surface area contributed by atoms with Gasteiger partial charge in [-0.1, -0.05) is 39.5 Å². The molecule has 2 heterocycles. The van der Waals surface area contributed by atoms with E-state index < -0.39 is 59.7 Å².